The van der Waals surface area contributed by atoms with Crippen LogP contribution in [-0.2, 0) is 0 Å². The van der Waals surface area contributed by atoms with Crippen LogP contribution in [0.25, 0.3) is 0 Å². The van der Waals surface area contributed by atoms with E-state index in [2.05, 4.69) is 44.7 Å². The molecule has 0 aliphatic heterocycles. The van der Waals surface area contributed by atoms with Crippen LogP contribution in [0.15, 0.2) is 24.3 Å². The highest BCUT2D eigenvalue weighted by Crippen LogP contribution is 2.11. The summed E-state index contributed by atoms with van der Waals surface area (Å²) in [5, 5.41) is 1.65. The average Bonchev–Trinajstić information content (AvgIpc) is 2.42. The third-order valence-electron chi connectivity index (χ3n) is 4.14. The number of hydrogen-bond donors (Lipinski definition) is 0. The summed E-state index contributed by atoms with van der Waals surface area (Å²) >= 11 is 0. The smallest absolute Gasteiger partial charge is 0.0677 e. The largest absolute Gasteiger partial charge is 0.0680 e. The maximum atomic E-state index is 2.51. The fourth-order valence-corrected chi connectivity index (χ4v) is 4.73. The predicted molar refractivity (Wildman–Crippen MR) is 91.2 cm³/mol. The molecular weight excluding hydrogens is 244 g/mol. The van der Waals surface area contributed by atoms with Gasteiger partial charge in [0.25, 0.3) is 0 Å². The second-order valence-electron chi connectivity index (χ2n) is 6.08. The summed E-state index contributed by atoms with van der Waals surface area (Å²) < 4.78 is 0. The molecule has 1 aromatic carbocycles. The molecule has 0 bridgehead atoms. The van der Waals surface area contributed by atoms with Gasteiger partial charge < -0.3 is 0 Å². The Bertz CT molecular complexity index is 315. The SMILES string of the molecule is CCCCCCCCCC[SiH](C)c1ccc(C)cc1. The van der Waals surface area contributed by atoms with Gasteiger partial charge in [-0.15, -0.1) is 0 Å². The van der Waals surface area contributed by atoms with E-state index in [9.17, 15) is 0 Å². The molecule has 0 aromatic heterocycles. The molecule has 0 heterocycles. The van der Waals surface area contributed by atoms with Gasteiger partial charge in [-0.1, -0.05) is 106 Å². The molecule has 1 unspecified atom stereocenters. The molecule has 0 saturated carbocycles. The first kappa shape index (κ1) is 16.5. The van der Waals surface area contributed by atoms with E-state index in [1.54, 1.807) is 5.19 Å². The molecule has 1 heteroatoms. The van der Waals surface area contributed by atoms with Crippen LogP contribution in [0.3, 0.4) is 0 Å². The number of aryl methyl sites for hydroxylation is 1. The monoisotopic (exact) mass is 276 g/mol. The lowest BCUT2D eigenvalue weighted by atomic mass is 10.1. The highest BCUT2D eigenvalue weighted by atomic mass is 28.3. The Morgan fingerprint density at radius 1 is 0.789 bits per heavy atom. The van der Waals surface area contributed by atoms with Gasteiger partial charge in [0.1, 0.15) is 0 Å². The van der Waals surface area contributed by atoms with Gasteiger partial charge >= 0.3 is 0 Å². The van der Waals surface area contributed by atoms with Crippen molar-refractivity contribution in [2.24, 2.45) is 0 Å². The molecule has 0 spiro atoms. The topological polar surface area (TPSA) is 0 Å². The van der Waals surface area contributed by atoms with Gasteiger partial charge in [0.2, 0.25) is 0 Å². The van der Waals surface area contributed by atoms with E-state index in [0.717, 1.165) is 0 Å². The Morgan fingerprint density at radius 2 is 1.32 bits per heavy atom. The Kier molecular flexibility index (Phi) is 8.90. The quantitative estimate of drug-likeness (QED) is 0.407. The first-order valence-corrected chi connectivity index (χ1v) is 10.9. The molecule has 0 N–H and O–H groups in total. The van der Waals surface area contributed by atoms with Crippen LogP contribution >= 0.6 is 0 Å². The number of hydrogen-bond acceptors (Lipinski definition) is 0. The maximum absolute atomic E-state index is 2.51. The molecule has 0 aliphatic carbocycles. The van der Waals surface area contributed by atoms with Crippen molar-refractivity contribution < 1.29 is 0 Å². The highest BCUT2D eigenvalue weighted by molar-refractivity contribution is 6.71. The molecule has 0 aliphatic rings. The lowest BCUT2D eigenvalue weighted by molar-refractivity contribution is 0.584. The summed E-state index contributed by atoms with van der Waals surface area (Å²) in [6.07, 6.45) is 11.5. The minimum atomic E-state index is -0.651. The van der Waals surface area contributed by atoms with Gasteiger partial charge in [-0.2, -0.15) is 0 Å². The predicted octanol–water partition coefficient (Wildman–Crippen LogP) is 5.20. The van der Waals surface area contributed by atoms with Crippen molar-refractivity contribution in [2.75, 3.05) is 0 Å². The summed E-state index contributed by atoms with van der Waals surface area (Å²) in [6, 6.07) is 10.7. The summed E-state index contributed by atoms with van der Waals surface area (Å²) in [7, 11) is -0.651. The Balaban J connectivity index is 2.04. The molecule has 19 heavy (non-hydrogen) atoms. The van der Waals surface area contributed by atoms with Gasteiger partial charge in [-0.05, 0) is 6.92 Å². The minimum absolute atomic E-state index is 0.651. The normalized spacial score (nSPS) is 12.6. The van der Waals surface area contributed by atoms with Crippen LogP contribution in [0.4, 0.5) is 0 Å². The third-order valence-corrected chi connectivity index (χ3v) is 6.93. The van der Waals surface area contributed by atoms with Gasteiger partial charge in [-0.25, -0.2) is 0 Å². The summed E-state index contributed by atoms with van der Waals surface area (Å²) in [6.45, 7) is 6.97. The van der Waals surface area contributed by atoms with Crippen molar-refractivity contribution in [3.8, 4) is 0 Å². The second kappa shape index (κ2) is 10.3. The van der Waals surface area contributed by atoms with E-state index in [1.165, 1.54) is 63.0 Å². The zero-order valence-corrected chi connectivity index (χ0v) is 14.4. The number of benzene rings is 1. The van der Waals surface area contributed by atoms with E-state index < -0.39 is 8.80 Å². The molecule has 0 amide bonds. The van der Waals surface area contributed by atoms with Gasteiger partial charge in [0.15, 0.2) is 0 Å². The molecule has 1 atom stereocenters. The van der Waals surface area contributed by atoms with Gasteiger partial charge in [0, 0.05) is 0 Å². The van der Waals surface area contributed by atoms with Crippen molar-refractivity contribution in [3.05, 3.63) is 29.8 Å². The van der Waals surface area contributed by atoms with Crippen LogP contribution in [0.2, 0.25) is 12.6 Å². The fraction of sp³-hybridized carbons (Fsp3) is 0.667. The maximum Gasteiger partial charge on any atom is 0.0677 e. The van der Waals surface area contributed by atoms with Crippen LogP contribution in [0.1, 0.15) is 63.9 Å². The molecule has 0 nitrogen and oxygen atoms in total. The van der Waals surface area contributed by atoms with Crippen molar-refractivity contribution in [2.45, 2.75) is 77.8 Å². The third kappa shape index (κ3) is 7.56. The van der Waals surface area contributed by atoms with Crippen molar-refractivity contribution in [3.63, 3.8) is 0 Å². The summed E-state index contributed by atoms with van der Waals surface area (Å²) in [5.74, 6) is 0. The molecule has 108 valence electrons. The zero-order valence-electron chi connectivity index (χ0n) is 13.3. The Hall–Kier alpha value is -0.563. The van der Waals surface area contributed by atoms with E-state index in [-0.39, 0.29) is 0 Å². The zero-order chi connectivity index (χ0) is 13.9. The summed E-state index contributed by atoms with van der Waals surface area (Å²) in [5.41, 5.74) is 1.39. The van der Waals surface area contributed by atoms with Gasteiger partial charge in [-0.3, -0.25) is 0 Å². The standard InChI is InChI=1S/C18H32Si/c1-4-5-6-7-8-9-10-11-16-19(3)18-14-12-17(2)13-15-18/h12-15,19H,4-11,16H2,1-3H3. The molecule has 1 aromatic rings. The van der Waals surface area contributed by atoms with Crippen molar-refractivity contribution >= 4 is 14.0 Å². The van der Waals surface area contributed by atoms with E-state index in [4.69, 9.17) is 0 Å². The van der Waals surface area contributed by atoms with Crippen LogP contribution in [0, 0.1) is 6.92 Å². The van der Waals surface area contributed by atoms with E-state index in [1.807, 2.05) is 0 Å². The van der Waals surface area contributed by atoms with Gasteiger partial charge in [0.05, 0.1) is 8.80 Å². The number of unbranched alkanes of at least 4 members (excludes halogenated alkanes) is 7. The van der Waals surface area contributed by atoms with Crippen molar-refractivity contribution in [1.82, 2.24) is 0 Å². The molecule has 0 saturated heterocycles. The molecule has 0 radical (unpaired) electrons. The molecule has 0 fully saturated rings. The Labute approximate surface area is 122 Å². The first-order chi connectivity index (χ1) is 9.24. The average molecular weight is 277 g/mol. The molecular formula is C18H32Si. The van der Waals surface area contributed by atoms with E-state index in [0.29, 0.717) is 0 Å². The Morgan fingerprint density at radius 3 is 1.89 bits per heavy atom. The fourth-order valence-electron chi connectivity index (χ4n) is 2.65. The number of rotatable bonds is 10. The first-order valence-electron chi connectivity index (χ1n) is 8.30. The summed E-state index contributed by atoms with van der Waals surface area (Å²) in [4.78, 5) is 0. The van der Waals surface area contributed by atoms with Crippen LogP contribution < -0.4 is 5.19 Å². The van der Waals surface area contributed by atoms with Crippen LogP contribution in [-0.4, -0.2) is 8.80 Å². The minimum Gasteiger partial charge on any atom is -0.0680 e. The second-order valence-corrected chi connectivity index (χ2v) is 9.12. The lowest BCUT2D eigenvalue weighted by Crippen LogP contribution is -2.25. The van der Waals surface area contributed by atoms with E-state index >= 15 is 0 Å². The lowest BCUT2D eigenvalue weighted by Gasteiger charge is -2.10. The molecule has 1 rings (SSSR count). The van der Waals surface area contributed by atoms with Crippen molar-refractivity contribution in [1.29, 1.82) is 0 Å². The van der Waals surface area contributed by atoms with Crippen LogP contribution in [0.5, 0.6) is 0 Å². The highest BCUT2D eigenvalue weighted by Gasteiger charge is 2.06.